The number of nitrogens with zero attached hydrogens (tertiary/aromatic N) is 1. The van der Waals surface area contributed by atoms with Gasteiger partial charge in [-0.15, -0.1) is 6.58 Å². The van der Waals surface area contributed by atoms with E-state index >= 15 is 0 Å². The summed E-state index contributed by atoms with van der Waals surface area (Å²) in [5, 5.41) is 3.33. The highest BCUT2D eigenvalue weighted by molar-refractivity contribution is 5.20. The molecule has 70 valence electrons. The van der Waals surface area contributed by atoms with E-state index in [9.17, 15) is 0 Å². The average molecular weight is 176 g/mol. The zero-order chi connectivity index (χ0) is 9.52. The molecular formula is C11H16N2. The van der Waals surface area contributed by atoms with Crippen LogP contribution < -0.4 is 5.32 Å². The summed E-state index contributed by atoms with van der Waals surface area (Å²) in [5.74, 6) is 0. The molecular weight excluding hydrogens is 160 g/mol. The van der Waals surface area contributed by atoms with Crippen molar-refractivity contribution in [2.24, 2.45) is 0 Å². The fraction of sp³-hybridized carbons (Fsp3) is 0.364. The molecule has 0 aliphatic carbocycles. The molecule has 2 nitrogen and oxygen atoms in total. The number of aryl methyl sites for hydroxylation is 1. The molecule has 0 spiro atoms. The third kappa shape index (κ3) is 3.38. The van der Waals surface area contributed by atoms with Crippen LogP contribution in [-0.4, -0.2) is 11.5 Å². The second-order valence-electron chi connectivity index (χ2n) is 3.06. The van der Waals surface area contributed by atoms with Crippen LogP contribution in [-0.2, 0) is 6.54 Å². The highest BCUT2D eigenvalue weighted by Crippen LogP contribution is 2.03. The van der Waals surface area contributed by atoms with Crippen molar-refractivity contribution in [2.45, 2.75) is 19.9 Å². The lowest BCUT2D eigenvalue weighted by molar-refractivity contribution is 0.691. The maximum Gasteiger partial charge on any atom is 0.0315 e. The van der Waals surface area contributed by atoms with Gasteiger partial charge in [-0.2, -0.15) is 0 Å². The number of hydrogen-bond donors (Lipinski definition) is 1. The molecule has 0 unspecified atom stereocenters. The Morgan fingerprint density at radius 1 is 1.62 bits per heavy atom. The second-order valence-corrected chi connectivity index (χ2v) is 3.06. The van der Waals surface area contributed by atoms with Gasteiger partial charge in [-0.25, -0.2) is 0 Å². The van der Waals surface area contributed by atoms with Crippen LogP contribution in [0.3, 0.4) is 0 Å². The third-order valence-electron chi connectivity index (χ3n) is 1.99. The Bertz CT molecular complexity index is 269. The normalized spacial score (nSPS) is 9.92. The van der Waals surface area contributed by atoms with Crippen LogP contribution >= 0.6 is 0 Å². The highest BCUT2D eigenvalue weighted by atomic mass is 14.8. The van der Waals surface area contributed by atoms with Crippen LogP contribution in [0.15, 0.2) is 31.1 Å². The van der Waals surface area contributed by atoms with Gasteiger partial charge in [-0.3, -0.25) is 4.98 Å². The predicted molar refractivity (Wildman–Crippen MR) is 55.5 cm³/mol. The number of rotatable bonds is 5. The minimum atomic E-state index is 0.896. The molecule has 0 aliphatic rings. The van der Waals surface area contributed by atoms with E-state index in [-0.39, 0.29) is 0 Å². The lowest BCUT2D eigenvalue weighted by Crippen LogP contribution is -2.14. The minimum Gasteiger partial charge on any atom is -0.312 e. The van der Waals surface area contributed by atoms with Crippen molar-refractivity contribution >= 4 is 0 Å². The first-order valence-corrected chi connectivity index (χ1v) is 4.55. The molecule has 0 aliphatic heterocycles. The molecule has 1 aromatic heterocycles. The predicted octanol–water partition coefficient (Wildman–Crippen LogP) is 2.06. The van der Waals surface area contributed by atoms with Crippen LogP contribution in [0.2, 0.25) is 0 Å². The van der Waals surface area contributed by atoms with E-state index in [0.717, 1.165) is 19.5 Å². The maximum absolute atomic E-state index is 4.08. The Labute approximate surface area is 79.7 Å². The highest BCUT2D eigenvalue weighted by Gasteiger charge is 1.95. The third-order valence-corrected chi connectivity index (χ3v) is 1.99. The smallest absolute Gasteiger partial charge is 0.0315 e. The summed E-state index contributed by atoms with van der Waals surface area (Å²) in [6.07, 6.45) is 6.67. The van der Waals surface area contributed by atoms with Gasteiger partial charge >= 0.3 is 0 Å². The maximum atomic E-state index is 4.08. The van der Waals surface area contributed by atoms with Crippen LogP contribution in [0, 0.1) is 6.92 Å². The van der Waals surface area contributed by atoms with Crippen molar-refractivity contribution in [1.29, 1.82) is 0 Å². The van der Waals surface area contributed by atoms with Gasteiger partial charge in [0, 0.05) is 18.9 Å². The van der Waals surface area contributed by atoms with Crippen LogP contribution in [0.25, 0.3) is 0 Å². The monoisotopic (exact) mass is 176 g/mol. The van der Waals surface area contributed by atoms with Gasteiger partial charge in [0.25, 0.3) is 0 Å². The molecule has 0 saturated carbocycles. The zero-order valence-corrected chi connectivity index (χ0v) is 8.09. The van der Waals surface area contributed by atoms with Gasteiger partial charge in [-0.1, -0.05) is 6.08 Å². The summed E-state index contributed by atoms with van der Waals surface area (Å²) in [4.78, 5) is 4.08. The standard InChI is InChI=1S/C11H16N2/c1-3-4-6-12-8-11-9-13-7-5-10(11)2/h3,5,7,9,12H,1,4,6,8H2,2H3. The van der Waals surface area contributed by atoms with Crippen molar-refractivity contribution in [1.82, 2.24) is 10.3 Å². The summed E-state index contributed by atoms with van der Waals surface area (Å²) < 4.78 is 0. The van der Waals surface area contributed by atoms with Gasteiger partial charge in [0.05, 0.1) is 0 Å². The molecule has 0 fully saturated rings. The number of hydrogen-bond acceptors (Lipinski definition) is 2. The number of aromatic nitrogens is 1. The molecule has 1 rings (SSSR count). The summed E-state index contributed by atoms with van der Waals surface area (Å²) in [6, 6.07) is 2.03. The Balaban J connectivity index is 2.36. The molecule has 1 N–H and O–H groups in total. The lowest BCUT2D eigenvalue weighted by atomic mass is 10.1. The SMILES string of the molecule is C=CCCNCc1cnccc1C. The molecule has 1 heterocycles. The Hall–Kier alpha value is -1.15. The summed E-state index contributed by atoms with van der Waals surface area (Å²) in [7, 11) is 0. The zero-order valence-electron chi connectivity index (χ0n) is 8.09. The van der Waals surface area contributed by atoms with Gasteiger partial charge in [0.1, 0.15) is 0 Å². The molecule has 0 saturated heterocycles. The van der Waals surface area contributed by atoms with Crippen LogP contribution in [0.5, 0.6) is 0 Å². The van der Waals surface area contributed by atoms with Gasteiger partial charge in [0.2, 0.25) is 0 Å². The Morgan fingerprint density at radius 3 is 3.15 bits per heavy atom. The number of pyridine rings is 1. The Morgan fingerprint density at radius 2 is 2.46 bits per heavy atom. The molecule has 0 radical (unpaired) electrons. The summed E-state index contributed by atoms with van der Waals surface area (Å²) in [6.45, 7) is 7.65. The van der Waals surface area contributed by atoms with Gasteiger partial charge in [-0.05, 0) is 37.1 Å². The molecule has 0 amide bonds. The van der Waals surface area contributed by atoms with Crippen molar-refractivity contribution in [3.05, 3.63) is 42.2 Å². The molecule has 13 heavy (non-hydrogen) atoms. The minimum absolute atomic E-state index is 0.896. The molecule has 0 aromatic carbocycles. The fourth-order valence-corrected chi connectivity index (χ4v) is 1.11. The van der Waals surface area contributed by atoms with Crippen molar-refractivity contribution in [2.75, 3.05) is 6.54 Å². The van der Waals surface area contributed by atoms with Crippen molar-refractivity contribution in [3.8, 4) is 0 Å². The Kier molecular flexibility index (Phi) is 4.19. The topological polar surface area (TPSA) is 24.9 Å². The fourth-order valence-electron chi connectivity index (χ4n) is 1.11. The van der Waals surface area contributed by atoms with E-state index < -0.39 is 0 Å². The molecule has 2 heteroatoms. The van der Waals surface area contributed by atoms with Crippen LogP contribution in [0.4, 0.5) is 0 Å². The van der Waals surface area contributed by atoms with E-state index in [1.807, 2.05) is 24.5 Å². The van der Waals surface area contributed by atoms with E-state index in [1.165, 1.54) is 11.1 Å². The second kappa shape index (κ2) is 5.49. The lowest BCUT2D eigenvalue weighted by Gasteiger charge is -2.05. The first-order valence-electron chi connectivity index (χ1n) is 4.55. The van der Waals surface area contributed by atoms with Crippen molar-refractivity contribution < 1.29 is 0 Å². The summed E-state index contributed by atoms with van der Waals surface area (Å²) in [5.41, 5.74) is 2.56. The largest absolute Gasteiger partial charge is 0.312 e. The van der Waals surface area contributed by atoms with Crippen LogP contribution in [0.1, 0.15) is 17.5 Å². The molecule has 1 aromatic rings. The molecule has 0 bridgehead atoms. The average Bonchev–Trinajstić information content (AvgIpc) is 2.15. The van der Waals surface area contributed by atoms with Crippen molar-refractivity contribution in [3.63, 3.8) is 0 Å². The molecule has 0 atom stereocenters. The van der Waals surface area contributed by atoms with E-state index in [4.69, 9.17) is 0 Å². The van der Waals surface area contributed by atoms with Gasteiger partial charge < -0.3 is 5.32 Å². The first kappa shape index (κ1) is 9.93. The van der Waals surface area contributed by atoms with E-state index in [2.05, 4.69) is 23.8 Å². The number of nitrogens with one attached hydrogen (secondary N) is 1. The summed E-state index contributed by atoms with van der Waals surface area (Å²) >= 11 is 0. The first-order chi connectivity index (χ1) is 6.34. The van der Waals surface area contributed by atoms with E-state index in [0.29, 0.717) is 0 Å². The quantitative estimate of drug-likeness (QED) is 0.548. The van der Waals surface area contributed by atoms with E-state index in [1.54, 1.807) is 0 Å². The van der Waals surface area contributed by atoms with Gasteiger partial charge in [0.15, 0.2) is 0 Å².